The van der Waals surface area contributed by atoms with E-state index in [0.29, 0.717) is 22.5 Å². The fraction of sp³-hybridized carbons (Fsp3) is 0.381. The molecule has 2 unspecified atom stereocenters. The molecule has 0 aliphatic carbocycles. The van der Waals surface area contributed by atoms with Gasteiger partial charge in [0.2, 0.25) is 0 Å². The number of esters is 1. The molecule has 7 nitrogen and oxygen atoms in total. The molecule has 0 bridgehead atoms. The third-order valence-electron chi connectivity index (χ3n) is 4.43. The Morgan fingerprint density at radius 1 is 1.14 bits per heavy atom. The molecule has 0 fully saturated rings. The lowest BCUT2D eigenvalue weighted by molar-refractivity contribution is -0.157. The van der Waals surface area contributed by atoms with Gasteiger partial charge in [-0.1, -0.05) is 13.8 Å². The van der Waals surface area contributed by atoms with Crippen LogP contribution >= 0.6 is 0 Å². The van der Waals surface area contributed by atoms with Crippen molar-refractivity contribution in [3.63, 3.8) is 0 Å². The molecule has 156 valence electrons. The minimum atomic E-state index is -2.69. The fourth-order valence-corrected chi connectivity index (χ4v) is 4.06. The molecule has 2 atom stereocenters. The highest BCUT2D eigenvalue weighted by molar-refractivity contribution is 7.80. The lowest BCUT2D eigenvalue weighted by Crippen LogP contribution is -2.48. The summed E-state index contributed by atoms with van der Waals surface area (Å²) in [6, 6.07) is 9.30. The van der Waals surface area contributed by atoms with Gasteiger partial charge in [-0.2, -0.15) is 0 Å². The first-order valence-corrected chi connectivity index (χ1v) is 10.3. The summed E-state index contributed by atoms with van der Waals surface area (Å²) in [4.78, 5) is 12.8. The first-order chi connectivity index (χ1) is 13.5. The van der Waals surface area contributed by atoms with Crippen molar-refractivity contribution in [2.24, 2.45) is 5.92 Å². The van der Waals surface area contributed by atoms with Gasteiger partial charge >= 0.3 is 5.97 Å². The average Bonchev–Trinajstić information content (AvgIpc) is 2.93. The third-order valence-corrected chi connectivity index (χ3v) is 5.19. The van der Waals surface area contributed by atoms with Crippen molar-refractivity contribution in [3.8, 4) is 0 Å². The summed E-state index contributed by atoms with van der Waals surface area (Å²) in [6.45, 7) is 8.80. The summed E-state index contributed by atoms with van der Waals surface area (Å²) in [7, 11) is 0. The normalized spacial score (nSPS) is 14.3. The number of rotatable bonds is 5. The van der Waals surface area contributed by atoms with Crippen LogP contribution in [0.25, 0.3) is 21.9 Å². The summed E-state index contributed by atoms with van der Waals surface area (Å²) in [5.41, 5.74) is 7.23. The van der Waals surface area contributed by atoms with Gasteiger partial charge in [0.1, 0.15) is 22.8 Å². The van der Waals surface area contributed by atoms with Crippen LogP contribution in [0.5, 0.6) is 0 Å². The maximum absolute atomic E-state index is 12.8. The number of carbonyl (C=O) groups is 1. The van der Waals surface area contributed by atoms with Gasteiger partial charge in [0.25, 0.3) is 0 Å². The van der Waals surface area contributed by atoms with Crippen LogP contribution in [-0.4, -0.2) is 26.4 Å². The summed E-state index contributed by atoms with van der Waals surface area (Å²) >= 11 is -2.69. The highest BCUT2D eigenvalue weighted by atomic mass is 32.2. The van der Waals surface area contributed by atoms with Crippen LogP contribution < -0.4 is 10.0 Å². The lowest BCUT2D eigenvalue weighted by Gasteiger charge is -2.36. The Labute approximate surface area is 172 Å². The first-order valence-electron chi connectivity index (χ1n) is 9.31. The number of fused-ring (bicyclic) bond motifs is 3. The van der Waals surface area contributed by atoms with Crippen molar-refractivity contribution in [2.45, 2.75) is 46.3 Å². The van der Waals surface area contributed by atoms with Gasteiger partial charge < -0.3 is 19.4 Å². The molecule has 1 heterocycles. The van der Waals surface area contributed by atoms with Gasteiger partial charge in [0.05, 0.1) is 5.69 Å². The molecular weight excluding hydrogens is 392 g/mol. The summed E-state index contributed by atoms with van der Waals surface area (Å²) in [6.07, 6.45) is 0. The van der Waals surface area contributed by atoms with Crippen LogP contribution in [0, 0.1) is 5.92 Å². The molecule has 8 heteroatoms. The predicted octanol–water partition coefficient (Wildman–Crippen LogP) is 4.14. The number of hydrogen-bond donors (Lipinski definition) is 1. The van der Waals surface area contributed by atoms with Crippen molar-refractivity contribution < 1.29 is 22.7 Å². The van der Waals surface area contributed by atoms with Crippen LogP contribution in [0.2, 0.25) is 0 Å². The quantitative estimate of drug-likeness (QED) is 0.380. The van der Waals surface area contributed by atoms with Crippen molar-refractivity contribution in [2.75, 3.05) is 10.0 Å². The molecule has 0 spiro atoms. The monoisotopic (exact) mass is 417 g/mol. The Morgan fingerprint density at radius 2 is 1.83 bits per heavy atom. The van der Waals surface area contributed by atoms with Crippen LogP contribution in [0.4, 0.5) is 11.4 Å². The third kappa shape index (κ3) is 4.38. The second-order valence-corrected chi connectivity index (χ2v) is 9.13. The first kappa shape index (κ1) is 21.1. The largest absolute Gasteiger partial charge is 0.755 e. The van der Waals surface area contributed by atoms with Gasteiger partial charge in [-0.15, -0.1) is 0 Å². The molecule has 0 amide bonds. The smallest absolute Gasteiger partial charge is 0.330 e. The molecule has 3 rings (SSSR count). The van der Waals surface area contributed by atoms with Crippen LogP contribution in [-0.2, 0) is 20.8 Å². The lowest BCUT2D eigenvalue weighted by atomic mass is 10.0. The minimum absolute atomic E-state index is 0.306. The maximum atomic E-state index is 12.8. The van der Waals surface area contributed by atoms with Gasteiger partial charge in [-0.05, 0) is 57.0 Å². The van der Waals surface area contributed by atoms with Crippen LogP contribution in [0.15, 0.2) is 40.8 Å². The standard InChI is InChI=1S/C21H26N2O5S/c1-12(2)19(20(24)28-21(3,4)5)23(29(25)26)14-7-9-17-16(11-14)15-8-6-13(22)10-18(15)27-17/h6-12,19H,22H2,1-5H3,(H,25,26)/p-1. The summed E-state index contributed by atoms with van der Waals surface area (Å²) < 4.78 is 36.7. The van der Waals surface area contributed by atoms with E-state index in [2.05, 4.69) is 0 Å². The number of nitrogens with two attached hydrogens (primary N) is 1. The van der Waals surface area contributed by atoms with E-state index in [1.807, 2.05) is 6.07 Å². The van der Waals surface area contributed by atoms with E-state index in [1.165, 1.54) is 0 Å². The van der Waals surface area contributed by atoms with Gasteiger partial charge in [-0.3, -0.25) is 8.51 Å². The number of ether oxygens (including phenoxy) is 1. The predicted molar refractivity (Wildman–Crippen MR) is 114 cm³/mol. The Balaban J connectivity index is 2.12. The van der Waals surface area contributed by atoms with Crippen LogP contribution in [0.1, 0.15) is 34.6 Å². The number of furan rings is 1. The second kappa shape index (κ2) is 7.68. The number of benzene rings is 2. The van der Waals surface area contributed by atoms with Gasteiger partial charge in [0.15, 0.2) is 0 Å². The molecule has 2 N–H and O–H groups in total. The molecule has 0 aliphatic rings. The number of carbonyl (C=O) groups excluding carboxylic acids is 1. The Bertz CT molecular complexity index is 1080. The molecule has 0 aliphatic heterocycles. The van der Waals surface area contributed by atoms with E-state index in [4.69, 9.17) is 14.9 Å². The molecule has 2 aromatic carbocycles. The van der Waals surface area contributed by atoms with E-state index in [-0.39, 0.29) is 5.92 Å². The van der Waals surface area contributed by atoms with Crippen molar-refractivity contribution in [1.29, 1.82) is 0 Å². The number of nitrogens with zero attached hydrogens (tertiary/aromatic N) is 1. The molecule has 3 aromatic rings. The minimum Gasteiger partial charge on any atom is -0.755 e. The molecule has 0 radical (unpaired) electrons. The van der Waals surface area contributed by atoms with Crippen molar-refractivity contribution in [3.05, 3.63) is 36.4 Å². The number of anilines is 2. The zero-order valence-corrected chi connectivity index (χ0v) is 17.9. The highest BCUT2D eigenvalue weighted by Gasteiger charge is 2.34. The zero-order valence-electron chi connectivity index (χ0n) is 17.1. The second-order valence-electron chi connectivity index (χ2n) is 8.30. The molecule has 1 aromatic heterocycles. The maximum Gasteiger partial charge on any atom is 0.330 e. The average molecular weight is 418 g/mol. The van der Waals surface area contributed by atoms with Gasteiger partial charge in [0, 0.05) is 33.8 Å². The SMILES string of the molecule is CC(C)C(C(=O)OC(C)(C)C)N(c1ccc2oc3cc(N)ccc3c2c1)S(=O)[O-]. The van der Waals surface area contributed by atoms with E-state index < -0.39 is 28.9 Å². The summed E-state index contributed by atoms with van der Waals surface area (Å²) in [5.74, 6) is -0.902. The Kier molecular flexibility index (Phi) is 5.60. The van der Waals surface area contributed by atoms with Crippen molar-refractivity contribution >= 4 is 50.5 Å². The van der Waals surface area contributed by atoms with Crippen LogP contribution in [0.3, 0.4) is 0 Å². The molecular formula is C21H25N2O5S-. The highest BCUT2D eigenvalue weighted by Crippen LogP contribution is 2.34. The molecule has 0 saturated heterocycles. The van der Waals surface area contributed by atoms with E-state index in [9.17, 15) is 13.6 Å². The Morgan fingerprint density at radius 3 is 2.41 bits per heavy atom. The van der Waals surface area contributed by atoms with Crippen molar-refractivity contribution in [1.82, 2.24) is 0 Å². The van der Waals surface area contributed by atoms with E-state index in [0.717, 1.165) is 15.1 Å². The van der Waals surface area contributed by atoms with E-state index in [1.54, 1.807) is 65.0 Å². The van der Waals surface area contributed by atoms with Gasteiger partial charge in [-0.25, -0.2) is 4.79 Å². The molecule has 0 saturated carbocycles. The topological polar surface area (TPSA) is 109 Å². The number of nitrogen functional groups attached to an aromatic ring is 1. The number of hydrogen-bond acceptors (Lipinski definition) is 6. The summed E-state index contributed by atoms with van der Waals surface area (Å²) in [5, 5.41) is 1.55. The molecule has 29 heavy (non-hydrogen) atoms. The zero-order chi connectivity index (χ0) is 21.5. The Hall–Kier alpha value is -2.58. The fourth-order valence-electron chi connectivity index (χ4n) is 3.26. The van der Waals surface area contributed by atoms with E-state index >= 15 is 0 Å².